The number of carbonyl (C=O) groups excluding carboxylic acids is 1. The van der Waals surface area contributed by atoms with Gasteiger partial charge in [-0.2, -0.15) is 5.26 Å². The van der Waals surface area contributed by atoms with Crippen LogP contribution in [0.25, 0.3) is 16.7 Å². The van der Waals surface area contributed by atoms with Crippen molar-refractivity contribution >= 4 is 45.6 Å². The number of nitriles is 1. The minimum Gasteiger partial charge on any atom is -0.436 e. The van der Waals surface area contributed by atoms with E-state index in [0.717, 1.165) is 24.5 Å². The number of anilines is 2. The number of fused-ring (bicyclic) bond motifs is 2. The lowest BCUT2D eigenvalue weighted by Gasteiger charge is -2.38. The molecule has 1 amide bonds. The van der Waals surface area contributed by atoms with Crippen LogP contribution >= 0.6 is 0 Å². The normalized spacial score (nSPS) is 17.2. The lowest BCUT2D eigenvalue weighted by Crippen LogP contribution is -2.54. The zero-order valence-corrected chi connectivity index (χ0v) is 22.3. The molecule has 0 spiro atoms. The van der Waals surface area contributed by atoms with Gasteiger partial charge in [-0.3, -0.25) is 25.6 Å². The first-order chi connectivity index (χ1) is 19.2. The number of amides is 1. The molecule has 1 saturated heterocycles. The SMILES string of the molecule is Cc1cn2cc(NC(=O)c3ccc(N4CC(C)NC(C)C4)c4nccnc34)cc(OC(=N)/C=C\C(=N)C#N)c2n1. The van der Waals surface area contributed by atoms with E-state index < -0.39 is 0 Å². The molecule has 1 aliphatic rings. The Labute approximate surface area is 230 Å². The summed E-state index contributed by atoms with van der Waals surface area (Å²) in [5, 5.41) is 30.7. The summed E-state index contributed by atoms with van der Waals surface area (Å²) < 4.78 is 7.35. The van der Waals surface area contributed by atoms with Gasteiger partial charge < -0.3 is 24.7 Å². The fraction of sp³-hybridized carbons (Fsp3) is 0.250. The second-order valence-electron chi connectivity index (χ2n) is 9.74. The van der Waals surface area contributed by atoms with Crippen molar-refractivity contribution in [2.75, 3.05) is 23.3 Å². The van der Waals surface area contributed by atoms with E-state index in [4.69, 9.17) is 20.8 Å². The Kier molecular flexibility index (Phi) is 7.22. The molecule has 0 radical (unpaired) electrons. The van der Waals surface area contributed by atoms with Crippen LogP contribution in [-0.2, 0) is 0 Å². The molecule has 4 heterocycles. The number of ether oxygens (including phenoxy) is 1. The van der Waals surface area contributed by atoms with Gasteiger partial charge in [-0.25, -0.2) is 4.98 Å². The molecule has 3 aromatic heterocycles. The van der Waals surface area contributed by atoms with Crippen molar-refractivity contribution in [2.45, 2.75) is 32.9 Å². The number of aryl methyl sites for hydroxylation is 1. The molecule has 2 unspecified atom stereocenters. The fourth-order valence-electron chi connectivity index (χ4n) is 4.88. The zero-order valence-electron chi connectivity index (χ0n) is 22.3. The molecule has 5 rings (SSSR count). The van der Waals surface area contributed by atoms with Gasteiger partial charge in [0.15, 0.2) is 11.4 Å². The number of piperazine rings is 1. The highest BCUT2D eigenvalue weighted by Crippen LogP contribution is 2.30. The van der Waals surface area contributed by atoms with Crippen molar-refractivity contribution in [3.63, 3.8) is 0 Å². The van der Waals surface area contributed by atoms with Crippen LogP contribution in [0.4, 0.5) is 11.4 Å². The van der Waals surface area contributed by atoms with E-state index in [1.807, 2.05) is 13.0 Å². The maximum Gasteiger partial charge on any atom is 0.257 e. The van der Waals surface area contributed by atoms with Crippen molar-refractivity contribution in [1.29, 1.82) is 16.1 Å². The number of aromatic nitrogens is 4. The van der Waals surface area contributed by atoms with E-state index in [1.54, 1.807) is 47.4 Å². The van der Waals surface area contributed by atoms with Crippen LogP contribution in [0, 0.1) is 29.1 Å². The summed E-state index contributed by atoms with van der Waals surface area (Å²) in [5.74, 6) is -0.441. The summed E-state index contributed by atoms with van der Waals surface area (Å²) in [6, 6.07) is 7.55. The Balaban J connectivity index is 1.46. The molecule has 202 valence electrons. The second-order valence-corrected chi connectivity index (χ2v) is 9.74. The van der Waals surface area contributed by atoms with Crippen LogP contribution in [0.15, 0.2) is 55.1 Å². The number of hydrogen-bond donors (Lipinski definition) is 4. The van der Waals surface area contributed by atoms with Crippen LogP contribution < -0.4 is 20.3 Å². The Hall–Kier alpha value is -5.15. The van der Waals surface area contributed by atoms with E-state index in [9.17, 15) is 4.79 Å². The number of benzene rings is 1. The molecule has 0 aliphatic carbocycles. The third kappa shape index (κ3) is 5.50. The van der Waals surface area contributed by atoms with Gasteiger partial charge in [0.05, 0.1) is 22.6 Å². The average Bonchev–Trinajstić information content (AvgIpc) is 3.30. The third-order valence-corrected chi connectivity index (χ3v) is 6.38. The Morgan fingerprint density at radius 3 is 2.60 bits per heavy atom. The van der Waals surface area contributed by atoms with Gasteiger partial charge in [0, 0.05) is 62.1 Å². The van der Waals surface area contributed by atoms with E-state index in [0.29, 0.717) is 40.0 Å². The Bertz CT molecular complexity index is 1710. The summed E-state index contributed by atoms with van der Waals surface area (Å²) >= 11 is 0. The number of allylic oxidation sites excluding steroid dienone is 1. The lowest BCUT2D eigenvalue weighted by molar-refractivity contribution is 0.102. The lowest BCUT2D eigenvalue weighted by atomic mass is 10.1. The minimum atomic E-state index is -0.376. The van der Waals surface area contributed by atoms with Gasteiger partial charge in [-0.15, -0.1) is 0 Å². The molecular weight excluding hydrogens is 508 g/mol. The molecule has 1 aromatic carbocycles. The number of hydrogen-bond acceptors (Lipinski definition) is 10. The van der Waals surface area contributed by atoms with Crippen LogP contribution in [0.5, 0.6) is 5.75 Å². The van der Waals surface area contributed by atoms with Gasteiger partial charge in [-0.05, 0) is 39.0 Å². The number of imidazole rings is 1. The van der Waals surface area contributed by atoms with Gasteiger partial charge in [-0.1, -0.05) is 0 Å². The predicted octanol–water partition coefficient (Wildman–Crippen LogP) is 3.48. The quantitative estimate of drug-likeness (QED) is 0.214. The van der Waals surface area contributed by atoms with Gasteiger partial charge in [0.25, 0.3) is 5.91 Å². The number of nitrogens with one attached hydrogen (secondary N) is 4. The number of pyridine rings is 1. The van der Waals surface area contributed by atoms with Crippen molar-refractivity contribution < 1.29 is 9.53 Å². The monoisotopic (exact) mass is 536 g/mol. The highest BCUT2D eigenvalue weighted by Gasteiger charge is 2.25. The molecule has 0 bridgehead atoms. The summed E-state index contributed by atoms with van der Waals surface area (Å²) in [6.07, 6.45) is 9.05. The molecule has 12 nitrogen and oxygen atoms in total. The van der Waals surface area contributed by atoms with Crippen LogP contribution in [-0.4, -0.2) is 62.0 Å². The first kappa shape index (κ1) is 26.5. The summed E-state index contributed by atoms with van der Waals surface area (Å²) in [4.78, 5) is 29.3. The van der Waals surface area contributed by atoms with E-state index in [1.165, 1.54) is 12.2 Å². The first-order valence-corrected chi connectivity index (χ1v) is 12.7. The van der Waals surface area contributed by atoms with Crippen molar-refractivity contribution in [1.82, 2.24) is 24.7 Å². The molecule has 12 heteroatoms. The van der Waals surface area contributed by atoms with Crippen molar-refractivity contribution in [3.05, 3.63) is 66.4 Å². The molecule has 1 fully saturated rings. The van der Waals surface area contributed by atoms with Gasteiger partial charge in [0.2, 0.25) is 5.90 Å². The molecule has 40 heavy (non-hydrogen) atoms. The van der Waals surface area contributed by atoms with Crippen LogP contribution in [0.1, 0.15) is 29.9 Å². The average molecular weight is 537 g/mol. The number of rotatable bonds is 6. The third-order valence-electron chi connectivity index (χ3n) is 6.38. The molecule has 4 aromatic rings. The molecule has 0 saturated carbocycles. The Morgan fingerprint density at radius 2 is 1.88 bits per heavy atom. The van der Waals surface area contributed by atoms with Gasteiger partial charge >= 0.3 is 0 Å². The van der Waals surface area contributed by atoms with Crippen LogP contribution in [0.2, 0.25) is 0 Å². The minimum absolute atomic E-state index is 0.228. The highest BCUT2D eigenvalue weighted by atomic mass is 16.5. The Morgan fingerprint density at radius 1 is 1.15 bits per heavy atom. The highest BCUT2D eigenvalue weighted by molar-refractivity contribution is 6.13. The summed E-state index contributed by atoms with van der Waals surface area (Å²) in [5.41, 5.74) is 3.73. The predicted molar refractivity (Wildman–Crippen MR) is 153 cm³/mol. The molecule has 2 atom stereocenters. The van der Waals surface area contributed by atoms with E-state index in [-0.39, 0.29) is 23.3 Å². The van der Waals surface area contributed by atoms with Gasteiger partial charge in [0.1, 0.15) is 22.8 Å². The molecule has 4 N–H and O–H groups in total. The summed E-state index contributed by atoms with van der Waals surface area (Å²) in [6.45, 7) is 7.74. The molecular formula is C28H28N10O2. The smallest absolute Gasteiger partial charge is 0.257 e. The summed E-state index contributed by atoms with van der Waals surface area (Å²) in [7, 11) is 0. The maximum absolute atomic E-state index is 13.5. The number of nitrogens with zero attached hydrogens (tertiary/aromatic N) is 6. The fourth-order valence-corrected chi connectivity index (χ4v) is 4.88. The van der Waals surface area contributed by atoms with Crippen molar-refractivity contribution in [3.8, 4) is 11.8 Å². The maximum atomic E-state index is 13.5. The van der Waals surface area contributed by atoms with E-state index in [2.05, 4.69) is 44.3 Å². The first-order valence-electron chi connectivity index (χ1n) is 12.7. The van der Waals surface area contributed by atoms with Crippen LogP contribution in [0.3, 0.4) is 0 Å². The van der Waals surface area contributed by atoms with Crippen molar-refractivity contribution in [2.24, 2.45) is 0 Å². The topological polar surface area (TPSA) is 168 Å². The van der Waals surface area contributed by atoms with E-state index >= 15 is 0 Å². The second kappa shape index (κ2) is 10.9. The zero-order chi connectivity index (χ0) is 28.4. The largest absolute Gasteiger partial charge is 0.436 e. The number of carbonyl (C=O) groups is 1. The molecule has 1 aliphatic heterocycles. The standard InChI is InChI=1S/C28H28N10O2/c1-16-12-37(13-17(2)34-16)22-6-5-21(25-26(22)33-9-8-32-25)28(39)36-20-10-23(27-35-18(3)14-38(27)15-20)40-24(31)7-4-19(30)11-29/h4-10,14-17,30-31,34H,12-13H2,1-3H3,(H,36,39)/b7-4-,30-19?,31-24?.